The van der Waals surface area contributed by atoms with Crippen LogP contribution >= 0.6 is 0 Å². The number of aromatic nitrogens is 2. The van der Waals surface area contributed by atoms with Crippen LogP contribution in [0.2, 0.25) is 0 Å². The first-order chi connectivity index (χ1) is 14.0. The molecule has 0 aliphatic heterocycles. The lowest BCUT2D eigenvalue weighted by molar-refractivity contribution is -0.385. The Morgan fingerprint density at radius 1 is 1.07 bits per heavy atom. The number of anilines is 2. The van der Waals surface area contributed by atoms with E-state index in [1.165, 1.54) is 11.1 Å². The summed E-state index contributed by atoms with van der Waals surface area (Å²) in [7, 11) is 0. The van der Waals surface area contributed by atoms with Crippen LogP contribution < -0.4 is 16.8 Å². The van der Waals surface area contributed by atoms with Crippen LogP contribution in [0.25, 0.3) is 0 Å². The van der Waals surface area contributed by atoms with Gasteiger partial charge in [-0.3, -0.25) is 10.1 Å². The second kappa shape index (κ2) is 8.32. The molecule has 1 heterocycles. The molecular formula is C21H28N6O2. The zero-order valence-electron chi connectivity index (χ0n) is 16.5. The van der Waals surface area contributed by atoms with Crippen molar-refractivity contribution in [3.8, 4) is 0 Å². The highest BCUT2D eigenvalue weighted by Crippen LogP contribution is 2.34. The maximum absolute atomic E-state index is 11.6. The monoisotopic (exact) mass is 396 g/mol. The van der Waals surface area contributed by atoms with E-state index in [4.69, 9.17) is 11.5 Å². The number of rotatable bonds is 6. The fourth-order valence-electron chi connectivity index (χ4n) is 4.71. The van der Waals surface area contributed by atoms with Gasteiger partial charge in [-0.05, 0) is 74.5 Å². The molecule has 0 spiro atoms. The van der Waals surface area contributed by atoms with Gasteiger partial charge in [-0.15, -0.1) is 0 Å². The molecule has 1 fully saturated rings. The second-order valence-corrected chi connectivity index (χ2v) is 8.33. The van der Waals surface area contributed by atoms with Crippen molar-refractivity contribution in [1.82, 2.24) is 9.97 Å². The molecule has 0 bridgehead atoms. The van der Waals surface area contributed by atoms with E-state index in [2.05, 4.69) is 27.4 Å². The highest BCUT2D eigenvalue weighted by molar-refractivity contribution is 5.58. The highest BCUT2D eigenvalue weighted by Gasteiger charge is 2.29. The van der Waals surface area contributed by atoms with Gasteiger partial charge >= 0.3 is 5.69 Å². The van der Waals surface area contributed by atoms with Crippen LogP contribution in [-0.4, -0.2) is 27.5 Å². The molecule has 2 aromatic rings. The number of nitrogens with two attached hydrogens (primary N) is 2. The summed E-state index contributed by atoms with van der Waals surface area (Å²) in [6.45, 7) is 0.713. The Balaban J connectivity index is 1.51. The molecule has 0 amide bonds. The van der Waals surface area contributed by atoms with Gasteiger partial charge in [0.1, 0.15) is 5.69 Å². The molecule has 1 aromatic heterocycles. The van der Waals surface area contributed by atoms with Crippen molar-refractivity contribution in [3.63, 3.8) is 0 Å². The van der Waals surface area contributed by atoms with E-state index in [9.17, 15) is 10.1 Å². The normalized spacial score (nSPS) is 21.7. The lowest BCUT2D eigenvalue weighted by Crippen LogP contribution is -2.24. The maximum Gasteiger partial charge on any atom is 0.332 e. The van der Waals surface area contributed by atoms with E-state index >= 15 is 0 Å². The van der Waals surface area contributed by atoms with Gasteiger partial charge in [-0.1, -0.05) is 24.3 Å². The van der Waals surface area contributed by atoms with Crippen molar-refractivity contribution >= 4 is 17.5 Å². The summed E-state index contributed by atoms with van der Waals surface area (Å²) < 4.78 is 0. The maximum atomic E-state index is 11.6. The third kappa shape index (κ3) is 4.32. The van der Waals surface area contributed by atoms with Crippen molar-refractivity contribution in [1.29, 1.82) is 0 Å². The zero-order chi connectivity index (χ0) is 20.4. The summed E-state index contributed by atoms with van der Waals surface area (Å²) >= 11 is 0. The number of nitrogens with zero attached hydrogens (tertiary/aromatic N) is 3. The molecule has 154 valence electrons. The van der Waals surface area contributed by atoms with E-state index < -0.39 is 4.92 Å². The summed E-state index contributed by atoms with van der Waals surface area (Å²) in [4.78, 5) is 19.9. The molecule has 0 saturated heterocycles. The highest BCUT2D eigenvalue weighted by atomic mass is 16.6. The van der Waals surface area contributed by atoms with Crippen molar-refractivity contribution < 1.29 is 4.92 Å². The van der Waals surface area contributed by atoms with Crippen LogP contribution in [0.1, 0.15) is 42.5 Å². The number of hydrogen-bond acceptors (Lipinski definition) is 7. The molecule has 8 nitrogen and oxygen atoms in total. The van der Waals surface area contributed by atoms with Gasteiger partial charge in [0, 0.05) is 6.04 Å². The number of fused-ring (bicyclic) bond motifs is 1. The molecular weight excluding hydrogens is 368 g/mol. The molecule has 2 aliphatic carbocycles. The standard InChI is InChI=1S/C21H28N6O2/c22-12-14-7-5-13(6-8-14)9-18-19(27(28)29)20(23)26-21(25-18)24-17-10-15-3-1-2-4-16(15)11-17/h1-4,13-14,17H,5-12,22H2,(H3,23,24,25,26). The van der Waals surface area contributed by atoms with Crippen LogP contribution in [0, 0.1) is 22.0 Å². The van der Waals surface area contributed by atoms with Gasteiger partial charge in [0.25, 0.3) is 0 Å². The fourth-order valence-corrected chi connectivity index (χ4v) is 4.71. The molecule has 5 N–H and O–H groups in total. The molecule has 1 aromatic carbocycles. The first kappa shape index (κ1) is 19.6. The predicted molar refractivity (Wildman–Crippen MR) is 113 cm³/mol. The third-order valence-corrected chi connectivity index (χ3v) is 6.33. The number of nitro groups is 1. The topological polar surface area (TPSA) is 133 Å². The Morgan fingerprint density at radius 2 is 1.69 bits per heavy atom. The Kier molecular flexibility index (Phi) is 5.62. The molecule has 0 atom stereocenters. The van der Waals surface area contributed by atoms with Crippen LogP contribution in [-0.2, 0) is 19.3 Å². The van der Waals surface area contributed by atoms with E-state index in [1.807, 2.05) is 12.1 Å². The van der Waals surface area contributed by atoms with Crippen LogP contribution in [0.15, 0.2) is 24.3 Å². The van der Waals surface area contributed by atoms with E-state index in [1.54, 1.807) is 0 Å². The zero-order valence-corrected chi connectivity index (χ0v) is 16.5. The van der Waals surface area contributed by atoms with Gasteiger partial charge < -0.3 is 16.8 Å². The summed E-state index contributed by atoms with van der Waals surface area (Å²) in [5.74, 6) is 1.26. The SMILES string of the molecule is NCC1CCC(Cc2nc(NC3Cc4ccccc4C3)nc(N)c2[N+](=O)[O-])CC1. The lowest BCUT2D eigenvalue weighted by Gasteiger charge is -2.27. The van der Waals surface area contributed by atoms with Crippen LogP contribution in [0.4, 0.5) is 17.5 Å². The summed E-state index contributed by atoms with van der Waals surface area (Å²) in [5, 5.41) is 14.9. The first-order valence-electron chi connectivity index (χ1n) is 10.4. The second-order valence-electron chi connectivity index (χ2n) is 8.33. The average molecular weight is 396 g/mol. The van der Waals surface area contributed by atoms with Gasteiger partial charge in [-0.2, -0.15) is 4.98 Å². The number of nitrogen functional groups attached to an aromatic ring is 1. The smallest absolute Gasteiger partial charge is 0.332 e. The quantitative estimate of drug-likeness (QED) is 0.505. The van der Waals surface area contributed by atoms with Crippen molar-refractivity contribution in [3.05, 3.63) is 51.2 Å². The Labute approximate surface area is 170 Å². The average Bonchev–Trinajstić information content (AvgIpc) is 3.10. The van der Waals surface area contributed by atoms with Crippen molar-refractivity contribution in [2.45, 2.75) is 51.0 Å². The molecule has 29 heavy (non-hydrogen) atoms. The minimum Gasteiger partial charge on any atom is -0.378 e. The van der Waals surface area contributed by atoms with Gasteiger partial charge in [0.05, 0.1) is 4.92 Å². The fraction of sp³-hybridized carbons (Fsp3) is 0.524. The third-order valence-electron chi connectivity index (χ3n) is 6.33. The van der Waals surface area contributed by atoms with E-state index in [0.29, 0.717) is 36.4 Å². The van der Waals surface area contributed by atoms with E-state index in [0.717, 1.165) is 38.5 Å². The number of hydrogen-bond donors (Lipinski definition) is 3. The van der Waals surface area contributed by atoms with Gasteiger partial charge in [0.2, 0.25) is 11.8 Å². The summed E-state index contributed by atoms with van der Waals surface area (Å²) in [6.07, 6.45) is 6.50. The minimum absolute atomic E-state index is 0.0614. The molecule has 0 radical (unpaired) electrons. The summed E-state index contributed by atoms with van der Waals surface area (Å²) in [5.41, 5.74) is 14.7. The largest absolute Gasteiger partial charge is 0.378 e. The van der Waals surface area contributed by atoms with Crippen LogP contribution in [0.3, 0.4) is 0 Å². The molecule has 2 aliphatic rings. The van der Waals surface area contributed by atoms with Crippen molar-refractivity contribution in [2.24, 2.45) is 17.6 Å². The molecule has 0 unspecified atom stereocenters. The predicted octanol–water partition coefficient (Wildman–Crippen LogP) is 2.85. The van der Waals surface area contributed by atoms with Crippen LogP contribution in [0.5, 0.6) is 0 Å². The van der Waals surface area contributed by atoms with Gasteiger partial charge in [-0.25, -0.2) is 4.98 Å². The number of nitrogens with one attached hydrogen (secondary N) is 1. The Hall–Kier alpha value is -2.74. The Morgan fingerprint density at radius 3 is 2.28 bits per heavy atom. The van der Waals surface area contributed by atoms with E-state index in [-0.39, 0.29) is 17.5 Å². The first-order valence-corrected chi connectivity index (χ1v) is 10.4. The molecule has 4 rings (SSSR count). The Bertz CT molecular complexity index is 870. The lowest BCUT2D eigenvalue weighted by atomic mass is 9.80. The minimum atomic E-state index is -0.453. The summed E-state index contributed by atoms with van der Waals surface area (Å²) in [6, 6.07) is 8.51. The van der Waals surface area contributed by atoms with Crippen molar-refractivity contribution in [2.75, 3.05) is 17.6 Å². The number of benzene rings is 1. The van der Waals surface area contributed by atoms with Gasteiger partial charge in [0.15, 0.2) is 0 Å². The molecule has 8 heteroatoms. The molecule has 1 saturated carbocycles.